The van der Waals surface area contributed by atoms with Gasteiger partial charge in [-0.2, -0.15) is 17.0 Å². The van der Waals surface area contributed by atoms with Crippen molar-refractivity contribution in [2.45, 2.75) is 12.0 Å². The molecule has 0 radical (unpaired) electrons. The topological polar surface area (TPSA) is 64.1 Å². The van der Waals surface area contributed by atoms with Crippen LogP contribution in [0.15, 0.2) is 0 Å². The van der Waals surface area contributed by atoms with Crippen molar-refractivity contribution in [3.63, 3.8) is 0 Å². The summed E-state index contributed by atoms with van der Waals surface area (Å²) in [6, 6.07) is 0. The van der Waals surface area contributed by atoms with Gasteiger partial charge >= 0.3 is 0 Å². The third-order valence-electron chi connectivity index (χ3n) is 2.70. The van der Waals surface area contributed by atoms with Crippen LogP contribution in [0.4, 0.5) is 0 Å². The maximum Gasteiger partial charge on any atom is 0.281 e. The smallest absolute Gasteiger partial charge is 0.281 e. The molecule has 1 atom stereocenters. The van der Waals surface area contributed by atoms with Gasteiger partial charge in [0.2, 0.25) is 0 Å². The minimum atomic E-state index is -3.40. The van der Waals surface area contributed by atoms with Gasteiger partial charge in [0.05, 0.1) is 5.60 Å². The van der Waals surface area contributed by atoms with Crippen LogP contribution in [0.3, 0.4) is 0 Å². The zero-order valence-electron chi connectivity index (χ0n) is 10.3. The molecular formula is C9H21N3O3S. The summed E-state index contributed by atoms with van der Waals surface area (Å²) in [7, 11) is 3.33. The molecule has 0 aliphatic carbocycles. The standard InChI is InChI=1S/C9H21N3O3S/c1-10(2)7-9(13)5-6-12(8-9)16(14,15)11(3)4/h13H,5-8H2,1-4H3/t9-/m0/s1. The Morgan fingerprint density at radius 2 is 1.88 bits per heavy atom. The van der Waals surface area contributed by atoms with Crippen LogP contribution in [-0.2, 0) is 10.2 Å². The van der Waals surface area contributed by atoms with Crippen molar-refractivity contribution in [2.75, 3.05) is 47.8 Å². The Hall–Kier alpha value is -0.210. The summed E-state index contributed by atoms with van der Waals surface area (Å²) in [4.78, 5) is 1.87. The Kier molecular flexibility index (Phi) is 3.96. The summed E-state index contributed by atoms with van der Waals surface area (Å²) in [5.41, 5.74) is -0.924. The minimum Gasteiger partial charge on any atom is -0.387 e. The molecule has 1 heterocycles. The fraction of sp³-hybridized carbons (Fsp3) is 1.00. The highest BCUT2D eigenvalue weighted by Gasteiger charge is 2.42. The molecule has 0 aromatic rings. The van der Waals surface area contributed by atoms with E-state index in [0.717, 1.165) is 0 Å². The lowest BCUT2D eigenvalue weighted by Crippen LogP contribution is -2.45. The quantitative estimate of drug-likeness (QED) is 0.681. The van der Waals surface area contributed by atoms with Crippen LogP contribution in [0.5, 0.6) is 0 Å². The van der Waals surface area contributed by atoms with E-state index in [-0.39, 0.29) is 6.54 Å². The first-order chi connectivity index (χ1) is 7.17. The van der Waals surface area contributed by atoms with Crippen molar-refractivity contribution in [3.8, 4) is 0 Å². The molecule has 1 rings (SSSR count). The van der Waals surface area contributed by atoms with Crippen molar-refractivity contribution in [1.29, 1.82) is 0 Å². The average molecular weight is 251 g/mol. The zero-order chi connectivity index (χ0) is 12.6. The molecule has 7 heteroatoms. The predicted octanol–water partition coefficient (Wildman–Crippen LogP) is -1.21. The van der Waals surface area contributed by atoms with Gasteiger partial charge in [-0.05, 0) is 20.5 Å². The third kappa shape index (κ3) is 2.92. The largest absolute Gasteiger partial charge is 0.387 e. The summed E-state index contributed by atoms with van der Waals surface area (Å²) in [5.74, 6) is 0. The Bertz CT molecular complexity index is 342. The monoisotopic (exact) mass is 251 g/mol. The first-order valence-electron chi connectivity index (χ1n) is 5.22. The van der Waals surface area contributed by atoms with Gasteiger partial charge in [0.1, 0.15) is 0 Å². The fourth-order valence-electron chi connectivity index (χ4n) is 1.96. The maximum absolute atomic E-state index is 11.8. The van der Waals surface area contributed by atoms with Crippen molar-refractivity contribution < 1.29 is 13.5 Å². The summed E-state index contributed by atoms with van der Waals surface area (Å²) < 4.78 is 26.2. The summed E-state index contributed by atoms with van der Waals surface area (Å²) in [6.45, 7) is 1.03. The normalized spacial score (nSPS) is 28.2. The molecule has 0 unspecified atom stereocenters. The van der Waals surface area contributed by atoms with E-state index >= 15 is 0 Å². The molecule has 0 spiro atoms. The maximum atomic E-state index is 11.8. The predicted molar refractivity (Wildman–Crippen MR) is 62.3 cm³/mol. The summed E-state index contributed by atoms with van der Waals surface area (Å²) in [6.07, 6.45) is 0.484. The van der Waals surface area contributed by atoms with Crippen LogP contribution in [0.1, 0.15) is 6.42 Å². The van der Waals surface area contributed by atoms with E-state index < -0.39 is 15.8 Å². The number of hydrogen-bond acceptors (Lipinski definition) is 4. The van der Waals surface area contributed by atoms with E-state index in [1.54, 1.807) is 0 Å². The second-order valence-electron chi connectivity index (χ2n) is 4.84. The number of β-amino-alcohol motifs (C(OH)–C–C–N with tert-alkyl or cyclic N) is 1. The Balaban J connectivity index is 2.73. The van der Waals surface area contributed by atoms with Gasteiger partial charge in [-0.15, -0.1) is 0 Å². The van der Waals surface area contributed by atoms with Gasteiger partial charge in [0.15, 0.2) is 0 Å². The lowest BCUT2D eigenvalue weighted by atomic mass is 10.0. The number of hydrogen-bond donors (Lipinski definition) is 1. The van der Waals surface area contributed by atoms with Gasteiger partial charge in [-0.1, -0.05) is 0 Å². The Labute approximate surface area is 97.6 Å². The van der Waals surface area contributed by atoms with E-state index in [2.05, 4.69) is 0 Å². The molecule has 0 amide bonds. The minimum absolute atomic E-state index is 0.172. The number of aliphatic hydroxyl groups is 1. The highest BCUT2D eigenvalue weighted by molar-refractivity contribution is 7.86. The number of rotatable bonds is 4. The molecule has 1 fully saturated rings. The molecule has 96 valence electrons. The first-order valence-corrected chi connectivity index (χ1v) is 6.62. The van der Waals surface area contributed by atoms with Crippen LogP contribution in [0.2, 0.25) is 0 Å². The van der Waals surface area contributed by atoms with Crippen LogP contribution < -0.4 is 0 Å². The first kappa shape index (κ1) is 13.9. The van der Waals surface area contributed by atoms with E-state index in [1.807, 2.05) is 19.0 Å². The van der Waals surface area contributed by atoms with Crippen molar-refractivity contribution in [2.24, 2.45) is 0 Å². The van der Waals surface area contributed by atoms with Crippen LogP contribution in [0.25, 0.3) is 0 Å². The van der Waals surface area contributed by atoms with Crippen molar-refractivity contribution in [3.05, 3.63) is 0 Å². The van der Waals surface area contributed by atoms with Gasteiger partial charge in [-0.25, -0.2) is 0 Å². The SMILES string of the molecule is CN(C)C[C@@]1(O)CCN(S(=O)(=O)N(C)C)C1. The molecule has 1 aliphatic rings. The van der Waals surface area contributed by atoms with E-state index in [9.17, 15) is 13.5 Å². The molecular weight excluding hydrogens is 230 g/mol. The van der Waals surface area contributed by atoms with E-state index in [4.69, 9.17) is 0 Å². The average Bonchev–Trinajstić information content (AvgIpc) is 2.46. The van der Waals surface area contributed by atoms with Gasteiger partial charge in [0, 0.05) is 33.7 Å². The van der Waals surface area contributed by atoms with Crippen molar-refractivity contribution >= 4 is 10.2 Å². The van der Waals surface area contributed by atoms with E-state index in [1.165, 1.54) is 22.7 Å². The van der Waals surface area contributed by atoms with Crippen LogP contribution in [-0.4, -0.2) is 80.5 Å². The lowest BCUT2D eigenvalue weighted by Gasteiger charge is -2.27. The van der Waals surface area contributed by atoms with Gasteiger partial charge in [0.25, 0.3) is 10.2 Å². The molecule has 1 saturated heterocycles. The molecule has 16 heavy (non-hydrogen) atoms. The Morgan fingerprint density at radius 3 is 2.31 bits per heavy atom. The van der Waals surface area contributed by atoms with Gasteiger partial charge < -0.3 is 10.0 Å². The van der Waals surface area contributed by atoms with Crippen LogP contribution >= 0.6 is 0 Å². The highest BCUT2D eigenvalue weighted by atomic mass is 32.2. The molecule has 0 saturated carbocycles. The lowest BCUT2D eigenvalue weighted by molar-refractivity contribution is 0.0300. The third-order valence-corrected chi connectivity index (χ3v) is 4.58. The van der Waals surface area contributed by atoms with Crippen LogP contribution in [0, 0.1) is 0 Å². The number of likely N-dealkylation sites (N-methyl/N-ethyl adjacent to an activating group) is 1. The number of nitrogens with zero attached hydrogens (tertiary/aromatic N) is 3. The van der Waals surface area contributed by atoms with E-state index in [0.29, 0.717) is 19.5 Å². The zero-order valence-corrected chi connectivity index (χ0v) is 11.2. The second-order valence-corrected chi connectivity index (χ2v) is 6.98. The summed E-state index contributed by atoms with van der Waals surface area (Å²) in [5, 5.41) is 10.2. The summed E-state index contributed by atoms with van der Waals surface area (Å²) >= 11 is 0. The molecule has 0 aromatic carbocycles. The Morgan fingerprint density at radius 1 is 1.31 bits per heavy atom. The molecule has 1 aliphatic heterocycles. The molecule has 0 bridgehead atoms. The molecule has 0 aromatic heterocycles. The van der Waals surface area contributed by atoms with Gasteiger partial charge in [-0.3, -0.25) is 0 Å². The molecule has 6 nitrogen and oxygen atoms in total. The highest BCUT2D eigenvalue weighted by Crippen LogP contribution is 2.24. The van der Waals surface area contributed by atoms with Crippen molar-refractivity contribution in [1.82, 2.24) is 13.5 Å². The fourth-order valence-corrected chi connectivity index (χ4v) is 3.15. The molecule has 1 N–H and O–H groups in total. The second kappa shape index (κ2) is 4.58.